The summed E-state index contributed by atoms with van der Waals surface area (Å²) in [6.07, 6.45) is 3.21. The first kappa shape index (κ1) is 17.6. The van der Waals surface area contributed by atoms with Crippen LogP contribution in [0.4, 0.5) is 0 Å². The number of rotatable bonds is 7. The number of phenols is 1. The minimum atomic E-state index is -0.151. The molecule has 0 spiro atoms. The third-order valence-corrected chi connectivity index (χ3v) is 3.49. The number of benzene rings is 2. The second-order valence-corrected chi connectivity index (χ2v) is 5.23. The minimum absolute atomic E-state index is 0.131. The van der Waals surface area contributed by atoms with Crippen LogP contribution < -0.4 is 9.47 Å². The summed E-state index contributed by atoms with van der Waals surface area (Å²) in [5, 5.41) is 9.31. The normalized spacial score (nSPS) is 10.8. The van der Waals surface area contributed by atoms with E-state index in [9.17, 15) is 9.90 Å². The summed E-state index contributed by atoms with van der Waals surface area (Å²) in [7, 11) is 0. The van der Waals surface area contributed by atoms with E-state index in [4.69, 9.17) is 9.47 Å². The average molecular weight is 326 g/mol. The Balaban J connectivity index is 2.37. The molecule has 2 rings (SSSR count). The van der Waals surface area contributed by atoms with Crippen LogP contribution >= 0.6 is 0 Å². The molecule has 0 aromatic heterocycles. The summed E-state index contributed by atoms with van der Waals surface area (Å²) in [6.45, 7) is 6.85. The number of hydrogen-bond donors (Lipinski definition) is 1. The van der Waals surface area contributed by atoms with E-state index < -0.39 is 0 Å². The van der Waals surface area contributed by atoms with Crippen LogP contribution in [0.3, 0.4) is 0 Å². The molecule has 24 heavy (non-hydrogen) atoms. The quantitative estimate of drug-likeness (QED) is 0.605. The summed E-state index contributed by atoms with van der Waals surface area (Å²) < 4.78 is 11.4. The van der Waals surface area contributed by atoms with Crippen molar-refractivity contribution in [1.82, 2.24) is 0 Å². The first-order chi connectivity index (χ1) is 11.6. The molecule has 0 aliphatic rings. The van der Waals surface area contributed by atoms with Crippen molar-refractivity contribution in [3.63, 3.8) is 0 Å². The van der Waals surface area contributed by atoms with E-state index in [2.05, 4.69) is 0 Å². The first-order valence-corrected chi connectivity index (χ1v) is 7.97. The third kappa shape index (κ3) is 4.16. The number of hydrogen-bond acceptors (Lipinski definition) is 4. The van der Waals surface area contributed by atoms with Crippen molar-refractivity contribution in [3.8, 4) is 17.2 Å². The Hall–Kier alpha value is -2.75. The molecule has 2 aromatic rings. The van der Waals surface area contributed by atoms with Crippen LogP contribution in [0, 0.1) is 6.92 Å². The van der Waals surface area contributed by atoms with Crippen molar-refractivity contribution < 1.29 is 19.4 Å². The molecule has 2 aromatic carbocycles. The Labute approximate surface area is 142 Å². The summed E-state index contributed by atoms with van der Waals surface area (Å²) in [6, 6.07) is 9.98. The predicted molar refractivity (Wildman–Crippen MR) is 95.0 cm³/mol. The summed E-state index contributed by atoms with van der Waals surface area (Å²) in [5.41, 5.74) is 2.25. The lowest BCUT2D eigenvalue weighted by atomic mass is 10.1. The number of phenolic OH excluding ortho intramolecular Hbond substituents is 1. The minimum Gasteiger partial charge on any atom is -0.508 e. The van der Waals surface area contributed by atoms with Gasteiger partial charge in [-0.2, -0.15) is 0 Å². The molecule has 4 nitrogen and oxygen atoms in total. The van der Waals surface area contributed by atoms with Gasteiger partial charge in [0.05, 0.1) is 18.8 Å². The second kappa shape index (κ2) is 8.20. The molecule has 0 aliphatic carbocycles. The van der Waals surface area contributed by atoms with Crippen LogP contribution in [0.1, 0.15) is 35.3 Å². The highest BCUT2D eigenvalue weighted by Crippen LogP contribution is 2.33. The number of ketones is 1. The smallest absolute Gasteiger partial charge is 0.185 e. The highest BCUT2D eigenvalue weighted by molar-refractivity contribution is 6.07. The molecule has 0 saturated carbocycles. The molecular weight excluding hydrogens is 304 g/mol. The highest BCUT2D eigenvalue weighted by atomic mass is 16.5. The van der Waals surface area contributed by atoms with E-state index in [1.54, 1.807) is 18.2 Å². The van der Waals surface area contributed by atoms with Crippen LogP contribution in [0.2, 0.25) is 0 Å². The summed E-state index contributed by atoms with van der Waals surface area (Å²) in [4.78, 5) is 12.3. The topological polar surface area (TPSA) is 55.8 Å². The Bertz CT molecular complexity index is 730. The number of aryl methyl sites for hydroxylation is 1. The van der Waals surface area contributed by atoms with Crippen molar-refractivity contribution in [2.45, 2.75) is 20.8 Å². The fraction of sp³-hybridized carbons (Fsp3) is 0.250. The predicted octanol–water partition coefficient (Wildman–Crippen LogP) is 4.39. The zero-order chi connectivity index (χ0) is 17.5. The molecule has 0 radical (unpaired) electrons. The van der Waals surface area contributed by atoms with Gasteiger partial charge in [-0.1, -0.05) is 6.07 Å². The highest BCUT2D eigenvalue weighted by Gasteiger charge is 2.12. The molecule has 0 saturated heterocycles. The molecule has 0 atom stereocenters. The van der Waals surface area contributed by atoms with E-state index in [0.29, 0.717) is 24.5 Å². The Morgan fingerprint density at radius 3 is 2.33 bits per heavy atom. The van der Waals surface area contributed by atoms with Gasteiger partial charge in [0.25, 0.3) is 0 Å². The first-order valence-electron chi connectivity index (χ1n) is 7.97. The number of carbonyl (C=O) groups is 1. The van der Waals surface area contributed by atoms with Gasteiger partial charge in [-0.05, 0) is 68.8 Å². The van der Waals surface area contributed by atoms with E-state index in [1.807, 2.05) is 32.9 Å². The van der Waals surface area contributed by atoms with Crippen LogP contribution in [-0.4, -0.2) is 24.1 Å². The van der Waals surface area contributed by atoms with Crippen LogP contribution in [0.5, 0.6) is 17.2 Å². The lowest BCUT2D eigenvalue weighted by Gasteiger charge is -2.15. The van der Waals surface area contributed by atoms with Gasteiger partial charge < -0.3 is 14.6 Å². The van der Waals surface area contributed by atoms with E-state index in [0.717, 1.165) is 16.9 Å². The number of ether oxygens (including phenoxy) is 2. The molecule has 0 heterocycles. The van der Waals surface area contributed by atoms with Gasteiger partial charge in [0.15, 0.2) is 5.78 Å². The van der Waals surface area contributed by atoms with Crippen molar-refractivity contribution >= 4 is 11.9 Å². The van der Waals surface area contributed by atoms with Crippen LogP contribution in [-0.2, 0) is 0 Å². The SMILES string of the molecule is CCOc1ccc(C)c(OCC)c1/C=C/C(=O)c1ccc(O)cc1. The Morgan fingerprint density at radius 2 is 1.71 bits per heavy atom. The maximum absolute atomic E-state index is 12.3. The molecule has 0 amide bonds. The number of carbonyl (C=O) groups excluding carboxylic acids is 1. The fourth-order valence-electron chi connectivity index (χ4n) is 2.35. The van der Waals surface area contributed by atoms with Crippen molar-refractivity contribution in [2.75, 3.05) is 13.2 Å². The molecule has 4 heteroatoms. The molecule has 0 fully saturated rings. The average Bonchev–Trinajstić information content (AvgIpc) is 2.58. The van der Waals surface area contributed by atoms with Gasteiger partial charge in [0.1, 0.15) is 17.2 Å². The monoisotopic (exact) mass is 326 g/mol. The van der Waals surface area contributed by atoms with E-state index in [1.165, 1.54) is 18.2 Å². The maximum Gasteiger partial charge on any atom is 0.185 e. The van der Waals surface area contributed by atoms with E-state index in [-0.39, 0.29) is 11.5 Å². The van der Waals surface area contributed by atoms with Crippen molar-refractivity contribution in [1.29, 1.82) is 0 Å². The Morgan fingerprint density at radius 1 is 1.04 bits per heavy atom. The van der Waals surface area contributed by atoms with Crippen molar-refractivity contribution in [3.05, 3.63) is 59.2 Å². The van der Waals surface area contributed by atoms with E-state index >= 15 is 0 Å². The number of allylic oxidation sites excluding steroid dienone is 1. The zero-order valence-corrected chi connectivity index (χ0v) is 14.2. The molecular formula is C20H22O4. The molecule has 0 aliphatic heterocycles. The number of aromatic hydroxyl groups is 1. The molecule has 126 valence electrons. The second-order valence-electron chi connectivity index (χ2n) is 5.23. The summed E-state index contributed by atoms with van der Waals surface area (Å²) in [5.74, 6) is 1.38. The van der Waals surface area contributed by atoms with Crippen LogP contribution in [0.25, 0.3) is 6.08 Å². The third-order valence-electron chi connectivity index (χ3n) is 3.49. The standard InChI is InChI=1S/C20H22O4/c1-4-23-19-13-6-14(3)20(24-5-2)17(19)11-12-18(22)15-7-9-16(21)10-8-15/h6-13,21H,4-5H2,1-3H3/b12-11+. The molecule has 0 unspecified atom stereocenters. The van der Waals surface area contributed by atoms with Gasteiger partial charge >= 0.3 is 0 Å². The summed E-state index contributed by atoms with van der Waals surface area (Å²) >= 11 is 0. The van der Waals surface area contributed by atoms with Gasteiger partial charge in [0, 0.05) is 5.56 Å². The zero-order valence-electron chi connectivity index (χ0n) is 14.2. The largest absolute Gasteiger partial charge is 0.508 e. The molecule has 0 bridgehead atoms. The molecule has 1 N–H and O–H groups in total. The van der Waals surface area contributed by atoms with Gasteiger partial charge in [-0.15, -0.1) is 0 Å². The fourth-order valence-corrected chi connectivity index (χ4v) is 2.35. The van der Waals surface area contributed by atoms with Crippen molar-refractivity contribution in [2.24, 2.45) is 0 Å². The lowest BCUT2D eigenvalue weighted by Crippen LogP contribution is -2.01. The van der Waals surface area contributed by atoms with Gasteiger partial charge in [-0.25, -0.2) is 0 Å². The Kier molecular flexibility index (Phi) is 6.01. The van der Waals surface area contributed by atoms with Crippen LogP contribution in [0.15, 0.2) is 42.5 Å². The van der Waals surface area contributed by atoms with Gasteiger partial charge in [-0.3, -0.25) is 4.79 Å². The van der Waals surface area contributed by atoms with Gasteiger partial charge in [0.2, 0.25) is 0 Å². The lowest BCUT2D eigenvalue weighted by molar-refractivity contribution is 0.104. The maximum atomic E-state index is 12.3.